The molecule has 1 aromatic carbocycles. The van der Waals surface area contributed by atoms with Gasteiger partial charge in [-0.05, 0) is 36.8 Å². The zero-order valence-electron chi connectivity index (χ0n) is 15.1. The van der Waals surface area contributed by atoms with Gasteiger partial charge in [0.05, 0.1) is 26.1 Å². The van der Waals surface area contributed by atoms with Crippen LogP contribution in [0.25, 0.3) is 0 Å². The Kier molecular flexibility index (Phi) is 7.38. The molecule has 0 radical (unpaired) electrons. The van der Waals surface area contributed by atoms with E-state index >= 15 is 0 Å². The lowest BCUT2D eigenvalue weighted by atomic mass is 9.84. The maximum Gasteiger partial charge on any atom is 0.328 e. The average molecular weight is 395 g/mol. The molecule has 2 heterocycles. The molecule has 2 aliphatic heterocycles. The molecule has 1 amide bonds. The monoisotopic (exact) mass is 394 g/mol. The molecular formula is C19H23ClN2O5. The lowest BCUT2D eigenvalue weighted by Crippen LogP contribution is -3.12. The van der Waals surface area contributed by atoms with Gasteiger partial charge in [0.25, 0.3) is 5.91 Å². The highest BCUT2D eigenvalue weighted by Crippen LogP contribution is 2.24. The number of rotatable bonds is 3. The highest BCUT2D eigenvalue weighted by Gasteiger charge is 2.37. The number of hydrogen-bond acceptors (Lipinski definition) is 4. The van der Waals surface area contributed by atoms with Crippen molar-refractivity contribution in [3.63, 3.8) is 0 Å². The molecule has 2 fully saturated rings. The summed E-state index contributed by atoms with van der Waals surface area (Å²) in [5.74, 6) is -1.31. The normalized spacial score (nSPS) is 24.1. The van der Waals surface area contributed by atoms with Crippen molar-refractivity contribution in [1.82, 2.24) is 4.90 Å². The predicted molar refractivity (Wildman–Crippen MR) is 97.4 cm³/mol. The SMILES string of the molecule is C[NH+]1CC2CC(CN(C(=O)c3ccc(Cl)cc3)C2)C1.O=C([O-])/C=C\C(=O)O. The Morgan fingerprint density at radius 1 is 1.15 bits per heavy atom. The minimum Gasteiger partial charge on any atom is -0.545 e. The molecule has 2 N–H and O–H groups in total. The summed E-state index contributed by atoms with van der Waals surface area (Å²) in [6.45, 7) is 4.21. The van der Waals surface area contributed by atoms with Crippen molar-refractivity contribution >= 4 is 29.4 Å². The van der Waals surface area contributed by atoms with Crippen molar-refractivity contribution in [1.29, 1.82) is 0 Å². The maximum atomic E-state index is 12.5. The van der Waals surface area contributed by atoms with Gasteiger partial charge in [-0.25, -0.2) is 4.79 Å². The zero-order valence-corrected chi connectivity index (χ0v) is 15.8. The first-order valence-corrected chi connectivity index (χ1v) is 9.10. The number of amides is 1. The van der Waals surface area contributed by atoms with Gasteiger partial charge in [0, 0.05) is 41.6 Å². The molecule has 2 atom stereocenters. The number of piperidine rings is 2. The number of nitrogens with one attached hydrogen (secondary N) is 1. The summed E-state index contributed by atoms with van der Waals surface area (Å²) in [4.78, 5) is 35.1. The van der Waals surface area contributed by atoms with E-state index in [0.29, 0.717) is 29.0 Å². The molecule has 0 saturated carbocycles. The van der Waals surface area contributed by atoms with Gasteiger partial charge in [-0.15, -0.1) is 0 Å². The van der Waals surface area contributed by atoms with Crippen molar-refractivity contribution in [2.45, 2.75) is 6.42 Å². The summed E-state index contributed by atoms with van der Waals surface area (Å²) in [5.41, 5.74) is 0.755. The Labute approximate surface area is 162 Å². The zero-order chi connectivity index (χ0) is 20.0. The molecule has 2 saturated heterocycles. The highest BCUT2D eigenvalue weighted by atomic mass is 35.5. The van der Waals surface area contributed by atoms with E-state index < -0.39 is 11.9 Å². The van der Waals surface area contributed by atoms with E-state index in [9.17, 15) is 19.5 Å². The number of quaternary nitrogens is 1. The molecule has 7 nitrogen and oxygen atoms in total. The fraction of sp³-hybridized carbons (Fsp3) is 0.421. The second-order valence-electron chi connectivity index (χ2n) is 7.04. The Morgan fingerprint density at radius 2 is 1.70 bits per heavy atom. The van der Waals surface area contributed by atoms with Gasteiger partial charge >= 0.3 is 5.97 Å². The van der Waals surface area contributed by atoms with Crippen molar-refractivity contribution in [3.05, 3.63) is 47.0 Å². The third kappa shape index (κ3) is 6.69. The van der Waals surface area contributed by atoms with E-state index in [1.165, 1.54) is 19.5 Å². The average Bonchev–Trinajstić information content (AvgIpc) is 2.59. The van der Waals surface area contributed by atoms with Gasteiger partial charge in [-0.1, -0.05) is 11.6 Å². The molecule has 27 heavy (non-hydrogen) atoms. The number of nitrogens with zero attached hydrogens (tertiary/aromatic N) is 1. The second kappa shape index (κ2) is 9.53. The van der Waals surface area contributed by atoms with Crippen LogP contribution in [-0.2, 0) is 9.59 Å². The number of carboxylic acid groups (broad SMARTS) is 2. The molecule has 8 heteroatoms. The quantitative estimate of drug-likeness (QED) is 0.662. The van der Waals surface area contributed by atoms with Crippen LogP contribution in [0.3, 0.4) is 0 Å². The Hall–Kier alpha value is -2.38. The highest BCUT2D eigenvalue weighted by molar-refractivity contribution is 6.30. The van der Waals surface area contributed by atoms with Gasteiger partial charge in [-0.3, -0.25) is 4.79 Å². The van der Waals surface area contributed by atoms with Crippen LogP contribution in [0, 0.1) is 11.8 Å². The molecule has 0 aromatic heterocycles. The number of halogens is 1. The number of carbonyl (C=O) groups excluding carboxylic acids is 2. The van der Waals surface area contributed by atoms with E-state index in [1.807, 2.05) is 17.0 Å². The van der Waals surface area contributed by atoms with Crippen molar-refractivity contribution in [2.75, 3.05) is 33.2 Å². The number of carbonyl (C=O) groups is 3. The number of benzene rings is 1. The van der Waals surface area contributed by atoms with Gasteiger partial charge in [0.1, 0.15) is 0 Å². The molecule has 0 spiro atoms. The summed E-state index contributed by atoms with van der Waals surface area (Å²) >= 11 is 5.87. The summed E-state index contributed by atoms with van der Waals surface area (Å²) in [6.07, 6.45) is 2.24. The van der Waals surface area contributed by atoms with Crippen LogP contribution in [0.2, 0.25) is 5.02 Å². The fourth-order valence-electron chi connectivity index (χ4n) is 3.76. The molecule has 3 rings (SSSR count). The number of fused-ring (bicyclic) bond motifs is 2. The molecule has 1 aromatic rings. The standard InChI is InChI=1S/C15H19ClN2O.C4H4O4/c1-17-7-11-6-12(8-17)10-18(9-11)15(19)13-2-4-14(16)5-3-13;5-3(6)1-2-4(7)8/h2-5,11-12H,6-10H2,1H3;1-2H,(H,5,6)(H,7,8)/b;2-1-. The van der Waals surface area contributed by atoms with Gasteiger partial charge < -0.3 is 24.8 Å². The van der Waals surface area contributed by atoms with E-state index in [2.05, 4.69) is 7.05 Å². The van der Waals surface area contributed by atoms with Crippen molar-refractivity contribution < 1.29 is 29.5 Å². The van der Waals surface area contributed by atoms with Crippen LogP contribution in [-0.4, -0.2) is 61.1 Å². The largest absolute Gasteiger partial charge is 0.545 e. The molecular weight excluding hydrogens is 372 g/mol. The van der Waals surface area contributed by atoms with E-state index in [0.717, 1.165) is 18.7 Å². The molecule has 146 valence electrons. The predicted octanol–water partition coefficient (Wildman–Crippen LogP) is -0.676. The van der Waals surface area contributed by atoms with Gasteiger partial charge in [0.15, 0.2) is 0 Å². The Balaban J connectivity index is 0.000000279. The Bertz CT molecular complexity index is 685. The third-order valence-corrected chi connectivity index (χ3v) is 4.89. The van der Waals surface area contributed by atoms with Gasteiger partial charge in [-0.2, -0.15) is 0 Å². The number of hydrogen-bond donors (Lipinski definition) is 2. The van der Waals surface area contributed by atoms with Gasteiger partial charge in [0.2, 0.25) is 0 Å². The maximum absolute atomic E-state index is 12.5. The van der Waals surface area contributed by atoms with Crippen LogP contribution < -0.4 is 10.0 Å². The minimum absolute atomic E-state index is 0.158. The lowest BCUT2D eigenvalue weighted by Gasteiger charge is -2.42. The number of likely N-dealkylation sites (tertiary alicyclic amines) is 2. The van der Waals surface area contributed by atoms with Crippen LogP contribution >= 0.6 is 11.6 Å². The number of carboxylic acids is 2. The second-order valence-corrected chi connectivity index (χ2v) is 7.48. The summed E-state index contributed by atoms with van der Waals surface area (Å²) in [5, 5.41) is 17.9. The number of aliphatic carboxylic acids is 2. The first kappa shape index (κ1) is 20.9. The summed E-state index contributed by atoms with van der Waals surface area (Å²) < 4.78 is 0. The third-order valence-electron chi connectivity index (χ3n) is 4.64. The van der Waals surface area contributed by atoms with E-state index in [-0.39, 0.29) is 5.91 Å². The minimum atomic E-state index is -1.51. The first-order valence-electron chi connectivity index (χ1n) is 8.72. The Morgan fingerprint density at radius 3 is 2.15 bits per heavy atom. The van der Waals surface area contributed by atoms with Crippen LogP contribution in [0.15, 0.2) is 36.4 Å². The van der Waals surface area contributed by atoms with E-state index in [4.69, 9.17) is 16.7 Å². The molecule has 2 bridgehead atoms. The molecule has 2 aliphatic rings. The van der Waals surface area contributed by atoms with Crippen molar-refractivity contribution in [3.8, 4) is 0 Å². The topological polar surface area (TPSA) is 102 Å². The summed E-state index contributed by atoms with van der Waals surface area (Å²) in [6, 6.07) is 7.23. The molecule has 2 unspecified atom stereocenters. The van der Waals surface area contributed by atoms with Crippen LogP contribution in [0.1, 0.15) is 16.8 Å². The first-order chi connectivity index (χ1) is 12.7. The lowest BCUT2D eigenvalue weighted by molar-refractivity contribution is -0.893. The van der Waals surface area contributed by atoms with Crippen LogP contribution in [0.5, 0.6) is 0 Å². The van der Waals surface area contributed by atoms with E-state index in [1.54, 1.807) is 17.0 Å². The summed E-state index contributed by atoms with van der Waals surface area (Å²) in [7, 11) is 2.26. The van der Waals surface area contributed by atoms with Crippen molar-refractivity contribution in [2.24, 2.45) is 11.8 Å². The smallest absolute Gasteiger partial charge is 0.328 e. The van der Waals surface area contributed by atoms with Crippen LogP contribution in [0.4, 0.5) is 0 Å². The fourth-order valence-corrected chi connectivity index (χ4v) is 3.89. The molecule has 0 aliphatic carbocycles.